The van der Waals surface area contributed by atoms with E-state index in [9.17, 15) is 4.79 Å². The Morgan fingerprint density at radius 1 is 1.24 bits per heavy atom. The number of hydrogen-bond donors (Lipinski definition) is 0. The maximum Gasteiger partial charge on any atom is 0.150 e. The Morgan fingerprint density at radius 2 is 2.06 bits per heavy atom. The van der Waals surface area contributed by atoms with Crippen LogP contribution in [0.3, 0.4) is 0 Å². The predicted octanol–water partition coefficient (Wildman–Crippen LogP) is 2.40. The van der Waals surface area contributed by atoms with Gasteiger partial charge >= 0.3 is 0 Å². The lowest BCUT2D eigenvalue weighted by atomic mass is 10.2. The molecule has 2 rings (SSSR count). The Kier molecular flexibility index (Phi) is 4.18. The lowest BCUT2D eigenvalue weighted by Gasteiger charge is -2.24. The molecular weight excluding hydrogens is 280 g/mol. The molecule has 1 aromatic rings. The van der Waals surface area contributed by atoms with Gasteiger partial charge in [-0.05, 0) is 54.1 Å². The molecule has 0 radical (unpaired) electrons. The molecule has 0 aromatic heterocycles. The molecule has 0 bridgehead atoms. The van der Waals surface area contributed by atoms with Crippen LogP contribution in [-0.2, 0) is 0 Å². The first kappa shape index (κ1) is 12.6. The van der Waals surface area contributed by atoms with E-state index in [4.69, 9.17) is 0 Å². The quantitative estimate of drug-likeness (QED) is 0.783. The number of anilines is 1. The van der Waals surface area contributed by atoms with E-state index in [1.54, 1.807) is 0 Å². The Morgan fingerprint density at radius 3 is 2.76 bits per heavy atom. The van der Waals surface area contributed by atoms with Gasteiger partial charge in [-0.1, -0.05) is 0 Å². The second kappa shape index (κ2) is 5.65. The molecule has 1 aromatic carbocycles. The topological polar surface area (TPSA) is 23.6 Å². The molecule has 0 unspecified atom stereocenters. The fourth-order valence-electron chi connectivity index (χ4n) is 2.14. The molecule has 4 heteroatoms. The van der Waals surface area contributed by atoms with E-state index in [1.807, 2.05) is 18.2 Å². The predicted molar refractivity (Wildman–Crippen MR) is 73.9 cm³/mol. The summed E-state index contributed by atoms with van der Waals surface area (Å²) in [5, 5.41) is 0. The van der Waals surface area contributed by atoms with Gasteiger partial charge < -0.3 is 9.80 Å². The molecular formula is C13H17BrN2O. The first-order valence-corrected chi connectivity index (χ1v) is 6.68. The number of likely N-dealkylation sites (N-methyl/N-ethyl adjacent to an activating group) is 1. The van der Waals surface area contributed by atoms with Gasteiger partial charge in [0.2, 0.25) is 0 Å². The van der Waals surface area contributed by atoms with Crippen LogP contribution >= 0.6 is 15.9 Å². The first-order chi connectivity index (χ1) is 8.20. The minimum absolute atomic E-state index is 0.715. The van der Waals surface area contributed by atoms with Crippen molar-refractivity contribution in [1.82, 2.24) is 4.90 Å². The number of nitrogens with zero attached hydrogens (tertiary/aromatic N) is 2. The molecule has 1 fully saturated rings. The highest BCUT2D eigenvalue weighted by molar-refractivity contribution is 9.10. The number of hydrogen-bond acceptors (Lipinski definition) is 3. The molecule has 0 N–H and O–H groups in total. The van der Waals surface area contributed by atoms with Crippen molar-refractivity contribution >= 4 is 27.9 Å². The van der Waals surface area contributed by atoms with Crippen molar-refractivity contribution in [1.29, 1.82) is 0 Å². The highest BCUT2D eigenvalue weighted by atomic mass is 79.9. The molecule has 0 atom stereocenters. The normalized spacial score (nSPS) is 17.9. The van der Waals surface area contributed by atoms with Gasteiger partial charge in [0.1, 0.15) is 6.29 Å². The second-order valence-electron chi connectivity index (χ2n) is 4.47. The summed E-state index contributed by atoms with van der Waals surface area (Å²) in [4.78, 5) is 15.4. The van der Waals surface area contributed by atoms with Crippen molar-refractivity contribution in [2.75, 3.05) is 38.1 Å². The smallest absolute Gasteiger partial charge is 0.150 e. The summed E-state index contributed by atoms with van der Waals surface area (Å²) < 4.78 is 1.01. The standard InChI is InChI=1S/C13H17BrN2O/c1-15-5-2-6-16(8-7-15)13-4-3-11(10-17)9-12(13)14/h3-4,9-10H,2,5-8H2,1H3. The van der Waals surface area contributed by atoms with E-state index in [2.05, 4.69) is 32.8 Å². The molecule has 1 aliphatic rings. The van der Waals surface area contributed by atoms with Crippen LogP contribution in [0.15, 0.2) is 22.7 Å². The molecule has 1 aliphatic heterocycles. The summed E-state index contributed by atoms with van der Waals surface area (Å²) in [5.41, 5.74) is 1.90. The van der Waals surface area contributed by atoms with Gasteiger partial charge in [0, 0.05) is 29.7 Å². The monoisotopic (exact) mass is 296 g/mol. The Hall–Kier alpha value is -0.870. The molecule has 17 heavy (non-hydrogen) atoms. The Labute approximate surface area is 111 Å². The van der Waals surface area contributed by atoms with Crippen molar-refractivity contribution in [3.8, 4) is 0 Å². The van der Waals surface area contributed by atoms with Gasteiger partial charge in [-0.15, -0.1) is 0 Å². The van der Waals surface area contributed by atoms with Crippen molar-refractivity contribution < 1.29 is 4.79 Å². The SMILES string of the molecule is CN1CCCN(c2ccc(C=O)cc2Br)CC1. The molecule has 0 amide bonds. The van der Waals surface area contributed by atoms with Crippen LogP contribution < -0.4 is 4.90 Å². The average Bonchev–Trinajstić information content (AvgIpc) is 2.54. The number of benzene rings is 1. The summed E-state index contributed by atoms with van der Waals surface area (Å²) in [6.07, 6.45) is 2.06. The summed E-state index contributed by atoms with van der Waals surface area (Å²) in [6.45, 7) is 4.35. The van der Waals surface area contributed by atoms with Crippen LogP contribution in [-0.4, -0.2) is 44.4 Å². The van der Waals surface area contributed by atoms with E-state index >= 15 is 0 Å². The summed E-state index contributed by atoms with van der Waals surface area (Å²) >= 11 is 3.55. The molecule has 3 nitrogen and oxygen atoms in total. The van der Waals surface area contributed by atoms with E-state index in [0.717, 1.165) is 36.9 Å². The van der Waals surface area contributed by atoms with Crippen LogP contribution in [0.5, 0.6) is 0 Å². The lowest BCUT2D eigenvalue weighted by Crippen LogP contribution is -2.28. The van der Waals surface area contributed by atoms with Crippen molar-refractivity contribution in [2.24, 2.45) is 0 Å². The van der Waals surface area contributed by atoms with Crippen LogP contribution in [0.25, 0.3) is 0 Å². The largest absolute Gasteiger partial charge is 0.369 e. The third kappa shape index (κ3) is 3.07. The fourth-order valence-corrected chi connectivity index (χ4v) is 2.79. The fraction of sp³-hybridized carbons (Fsp3) is 0.462. The highest BCUT2D eigenvalue weighted by Gasteiger charge is 2.14. The van der Waals surface area contributed by atoms with Gasteiger partial charge in [-0.2, -0.15) is 0 Å². The van der Waals surface area contributed by atoms with Gasteiger partial charge in [0.25, 0.3) is 0 Å². The van der Waals surface area contributed by atoms with Gasteiger partial charge in [-0.3, -0.25) is 4.79 Å². The van der Waals surface area contributed by atoms with Crippen LogP contribution in [0.1, 0.15) is 16.8 Å². The van der Waals surface area contributed by atoms with Crippen molar-refractivity contribution in [2.45, 2.75) is 6.42 Å². The minimum atomic E-state index is 0.715. The zero-order valence-corrected chi connectivity index (χ0v) is 11.6. The molecule has 1 heterocycles. The first-order valence-electron chi connectivity index (χ1n) is 5.89. The Bertz CT molecular complexity index is 408. The molecule has 0 spiro atoms. The molecule has 0 aliphatic carbocycles. The number of rotatable bonds is 2. The molecule has 92 valence electrons. The third-order valence-electron chi connectivity index (χ3n) is 3.17. The maximum absolute atomic E-state index is 10.7. The molecule has 1 saturated heterocycles. The highest BCUT2D eigenvalue weighted by Crippen LogP contribution is 2.27. The van der Waals surface area contributed by atoms with Gasteiger partial charge in [0.05, 0.1) is 5.69 Å². The minimum Gasteiger partial charge on any atom is -0.369 e. The Balaban J connectivity index is 2.18. The second-order valence-corrected chi connectivity index (χ2v) is 5.33. The number of halogens is 1. The van der Waals surface area contributed by atoms with Crippen LogP contribution in [0.4, 0.5) is 5.69 Å². The maximum atomic E-state index is 10.7. The van der Waals surface area contributed by atoms with Crippen LogP contribution in [0.2, 0.25) is 0 Å². The van der Waals surface area contributed by atoms with E-state index < -0.39 is 0 Å². The van der Waals surface area contributed by atoms with Crippen molar-refractivity contribution in [3.05, 3.63) is 28.2 Å². The van der Waals surface area contributed by atoms with Gasteiger partial charge in [-0.25, -0.2) is 0 Å². The summed E-state index contributed by atoms with van der Waals surface area (Å²) in [7, 11) is 2.16. The van der Waals surface area contributed by atoms with E-state index in [-0.39, 0.29) is 0 Å². The third-order valence-corrected chi connectivity index (χ3v) is 3.80. The van der Waals surface area contributed by atoms with E-state index in [0.29, 0.717) is 5.56 Å². The van der Waals surface area contributed by atoms with Gasteiger partial charge in [0.15, 0.2) is 0 Å². The average molecular weight is 297 g/mol. The number of aldehydes is 1. The summed E-state index contributed by atoms with van der Waals surface area (Å²) in [5.74, 6) is 0. The van der Waals surface area contributed by atoms with Crippen molar-refractivity contribution in [3.63, 3.8) is 0 Å². The summed E-state index contributed by atoms with van der Waals surface area (Å²) in [6, 6.07) is 5.79. The zero-order valence-electron chi connectivity index (χ0n) is 10.0. The molecule has 0 saturated carbocycles. The van der Waals surface area contributed by atoms with Crippen LogP contribution in [0, 0.1) is 0 Å². The number of carbonyl (C=O) groups is 1. The zero-order chi connectivity index (χ0) is 12.3. The number of carbonyl (C=O) groups excluding carboxylic acids is 1. The van der Waals surface area contributed by atoms with E-state index in [1.165, 1.54) is 12.1 Å². The lowest BCUT2D eigenvalue weighted by molar-refractivity contribution is 0.112.